The predicted octanol–water partition coefficient (Wildman–Crippen LogP) is 8.23. The fourth-order valence-corrected chi connectivity index (χ4v) is 2.43. The van der Waals surface area contributed by atoms with Crippen LogP contribution in [0.3, 0.4) is 0 Å². The van der Waals surface area contributed by atoms with Gasteiger partial charge in [0.05, 0.1) is 0 Å². The number of rotatable bonds is 4. The average molecular weight is 964 g/mol. The summed E-state index contributed by atoms with van der Waals surface area (Å²) in [5.41, 5.74) is 4.77. The van der Waals surface area contributed by atoms with Crippen molar-refractivity contribution in [2.24, 2.45) is 0 Å². The molecule has 0 saturated heterocycles. The number of isothiocyanates is 8. The number of aromatic amines is 4. The van der Waals surface area contributed by atoms with E-state index in [1.54, 1.807) is 0 Å². The van der Waals surface area contributed by atoms with Gasteiger partial charge in [0.15, 0.2) is 49.6 Å². The minimum absolute atomic E-state index is 0. The zero-order valence-electron chi connectivity index (χ0n) is 27.8. The van der Waals surface area contributed by atoms with Crippen LogP contribution in [0.25, 0.3) is 67.6 Å². The van der Waals surface area contributed by atoms with E-state index in [4.69, 9.17) is 43.3 Å². The second-order valence-electron chi connectivity index (χ2n) is 6.73. The Morgan fingerprint density at radius 1 is 0.296 bits per heavy atom. The molecule has 0 atom stereocenters. The van der Waals surface area contributed by atoms with Crippen molar-refractivity contribution in [1.29, 1.82) is 0 Å². The molecule has 0 aliphatic rings. The molecule has 0 spiro atoms. The largest absolute Gasteiger partial charge is 2.00 e. The molecular formula is C32H24N12S8Zn2. The van der Waals surface area contributed by atoms with Gasteiger partial charge in [-0.05, 0) is 22.3 Å². The Morgan fingerprint density at radius 2 is 0.389 bits per heavy atom. The van der Waals surface area contributed by atoms with Crippen molar-refractivity contribution in [2.75, 3.05) is 0 Å². The summed E-state index contributed by atoms with van der Waals surface area (Å²) in [4.78, 5) is 12.0. The van der Waals surface area contributed by atoms with E-state index in [1.165, 1.54) is 63.5 Å². The van der Waals surface area contributed by atoms with Crippen LogP contribution in [-0.2, 0) is 39.0 Å². The fraction of sp³-hybridized carbons (Fsp3) is 0. The van der Waals surface area contributed by atoms with E-state index in [9.17, 15) is 0 Å². The van der Waals surface area contributed by atoms with E-state index in [-0.39, 0.29) is 39.0 Å². The summed E-state index contributed by atoms with van der Waals surface area (Å²) in [6.45, 7) is 0. The molecule has 0 aliphatic carbocycles. The summed E-state index contributed by atoms with van der Waals surface area (Å²) >= 11 is 29.6. The van der Waals surface area contributed by atoms with Crippen molar-refractivity contribution in [3.8, 4) is 0 Å². The molecule has 4 rings (SSSR count). The third-order valence-corrected chi connectivity index (χ3v) is 3.91. The van der Waals surface area contributed by atoms with Crippen molar-refractivity contribution < 1.29 is 58.9 Å². The van der Waals surface area contributed by atoms with Crippen molar-refractivity contribution in [3.63, 3.8) is 0 Å². The molecule has 4 heterocycles. The van der Waals surface area contributed by atoms with Gasteiger partial charge in [-0.2, -0.15) is 41.3 Å². The van der Waals surface area contributed by atoms with Crippen molar-refractivity contribution in [1.82, 2.24) is 0 Å². The SMILES string of the molecule is C(=C\c1cc[nH+]cc1)/c1cc[nH+]cc1.C(=C\c1cc[nH+]cc1)/c1cc[nH+]cc1.[N-]=C=S.[N-]=C=S.[N-]=C=S.[N-]=C=S.[N-]=C=S.[N-]=C=S.[N-]=C=S.[N-]=C=S.[Zn+2].[Zn+2]. The van der Waals surface area contributed by atoms with Crippen LogP contribution in [0.1, 0.15) is 22.3 Å². The molecule has 4 aromatic rings. The first-order chi connectivity index (χ1) is 25.2. The number of thiocarbonyl (C=S) groups is 8. The monoisotopic (exact) mass is 960 g/mol. The molecule has 12 nitrogen and oxygen atoms in total. The first-order valence-corrected chi connectivity index (χ1v) is 15.8. The number of pyridine rings is 4. The second kappa shape index (κ2) is 70.3. The summed E-state index contributed by atoms with van der Waals surface area (Å²) in [5, 5.41) is 67.7. The van der Waals surface area contributed by atoms with E-state index in [2.05, 4.69) is 142 Å². The number of aromatic nitrogens is 4. The van der Waals surface area contributed by atoms with Crippen LogP contribution in [0.4, 0.5) is 0 Å². The maximum Gasteiger partial charge on any atom is 2.00 e. The van der Waals surface area contributed by atoms with Gasteiger partial charge in [0, 0.05) is 48.5 Å². The van der Waals surface area contributed by atoms with Crippen LogP contribution < -0.4 is 19.9 Å². The summed E-state index contributed by atoms with van der Waals surface area (Å²) < 4.78 is 0. The molecule has 4 aromatic heterocycles. The summed E-state index contributed by atoms with van der Waals surface area (Å²) in [7, 11) is 0. The van der Waals surface area contributed by atoms with Gasteiger partial charge in [0.1, 0.15) is 0 Å². The van der Waals surface area contributed by atoms with Crippen LogP contribution in [-0.4, -0.2) is 41.3 Å². The standard InChI is InChI=1S/2C12H10N2.8CNS.2Zn/c2*1(11-3-7-13-8-4-11)2-12-5-9-14-10-6-12;8*2-1-3;;/h2*1-10H;;;;;;;;;;/q;;8*-1;2*+2/p+4/b2*2-1+;;;;;;;;;;. The topological polar surface area (TPSA) is 235 Å². The smallest absolute Gasteiger partial charge is 0.753 e. The fourth-order valence-electron chi connectivity index (χ4n) is 2.43. The van der Waals surface area contributed by atoms with E-state index >= 15 is 0 Å². The van der Waals surface area contributed by atoms with Crippen molar-refractivity contribution in [3.05, 3.63) is 164 Å². The minimum Gasteiger partial charge on any atom is -0.753 e. The van der Waals surface area contributed by atoms with Crippen molar-refractivity contribution in [2.45, 2.75) is 0 Å². The maximum atomic E-state index is 7.13. The molecule has 0 fully saturated rings. The second-order valence-corrected chi connectivity index (χ2v) is 8.19. The Morgan fingerprint density at radius 3 is 0.481 bits per heavy atom. The number of hydrogen-bond acceptors (Lipinski definition) is 8. The Labute approximate surface area is 382 Å². The molecule has 0 radical (unpaired) electrons. The number of H-pyrrole nitrogens is 4. The normalized spacial score (nSPS) is 6.67. The Bertz CT molecular complexity index is 1440. The molecule has 4 N–H and O–H groups in total. The van der Waals surface area contributed by atoms with Gasteiger partial charge in [0.2, 0.25) is 0 Å². The zero-order chi connectivity index (χ0) is 40.9. The van der Waals surface area contributed by atoms with Gasteiger partial charge < -0.3 is 43.3 Å². The summed E-state index contributed by atoms with van der Waals surface area (Å²) in [6.07, 6.45) is 23.7. The molecule has 22 heteroatoms. The first-order valence-electron chi connectivity index (χ1n) is 12.5. The van der Waals surface area contributed by atoms with Crippen LogP contribution in [0, 0.1) is 0 Å². The third kappa shape index (κ3) is 73.2. The van der Waals surface area contributed by atoms with E-state index in [0.717, 1.165) is 0 Å². The number of hydrogen-bond donors (Lipinski definition) is 0. The van der Waals surface area contributed by atoms with Crippen LogP contribution in [0.2, 0.25) is 0 Å². The van der Waals surface area contributed by atoms with Crippen molar-refractivity contribution >= 4 is 163 Å². The Kier molecular flexibility index (Phi) is 88.3. The van der Waals surface area contributed by atoms with E-state index in [0.29, 0.717) is 0 Å². The number of nitrogens with one attached hydrogen (secondary N) is 4. The van der Waals surface area contributed by atoms with Crippen LogP contribution >= 0.6 is 97.7 Å². The van der Waals surface area contributed by atoms with Gasteiger partial charge in [-0.15, -0.1) is 0 Å². The van der Waals surface area contributed by atoms with Gasteiger partial charge in [-0.1, -0.05) is 122 Å². The third-order valence-electron chi connectivity index (χ3n) is 3.91. The minimum atomic E-state index is 0. The van der Waals surface area contributed by atoms with Crippen LogP contribution in [0.5, 0.6) is 0 Å². The molecule has 0 saturated carbocycles. The quantitative estimate of drug-likeness (QED) is 0.109. The van der Waals surface area contributed by atoms with Gasteiger partial charge in [0.25, 0.3) is 0 Å². The molecule has 0 aromatic carbocycles. The molecule has 54 heavy (non-hydrogen) atoms. The van der Waals surface area contributed by atoms with Crippen LogP contribution in [0.15, 0.2) is 98.1 Å². The predicted molar refractivity (Wildman–Crippen MR) is 238 cm³/mol. The Balaban J connectivity index is -0.0000000816. The molecule has 0 aliphatic heterocycles. The van der Waals surface area contributed by atoms with E-state index < -0.39 is 0 Å². The molecule has 264 valence electrons. The molecule has 0 bridgehead atoms. The molecular weight excluding hydrogens is 940 g/mol. The Hall–Kier alpha value is -4.27. The van der Waals surface area contributed by atoms with Gasteiger partial charge in [-0.3, -0.25) is 0 Å². The summed E-state index contributed by atoms with van der Waals surface area (Å²) in [6, 6.07) is 16.3. The number of nitrogens with zero attached hydrogens (tertiary/aromatic N) is 8. The first kappa shape index (κ1) is 67.8. The van der Waals surface area contributed by atoms with E-state index in [1.807, 2.05) is 98.1 Å². The van der Waals surface area contributed by atoms with Gasteiger partial charge in [-0.25, -0.2) is 19.9 Å². The maximum absolute atomic E-state index is 7.13. The average Bonchev–Trinajstić information content (AvgIpc) is 3.15. The summed E-state index contributed by atoms with van der Waals surface area (Å²) in [5.74, 6) is 0. The zero-order valence-corrected chi connectivity index (χ0v) is 40.3. The van der Waals surface area contributed by atoms with Gasteiger partial charge >= 0.3 is 39.0 Å². The molecule has 0 unspecified atom stereocenters. The molecule has 0 amide bonds.